The van der Waals surface area contributed by atoms with Gasteiger partial charge in [0.15, 0.2) is 11.2 Å². The number of benzene rings is 1. The van der Waals surface area contributed by atoms with Gasteiger partial charge in [-0.15, -0.1) is 11.6 Å². The number of fused-ring (bicyclic) bond motifs is 1. The molecule has 2 aliphatic rings. The third-order valence-electron chi connectivity index (χ3n) is 5.05. The second kappa shape index (κ2) is 7.92. The van der Waals surface area contributed by atoms with E-state index in [1.165, 1.54) is 18.1 Å². The molecule has 1 saturated heterocycles. The number of anilines is 2. The molecular formula is C20H20ClN7O2. The molecule has 3 N–H and O–H groups in total. The first-order valence-corrected chi connectivity index (χ1v) is 10.1. The van der Waals surface area contributed by atoms with Crippen LogP contribution in [0, 0.1) is 0 Å². The van der Waals surface area contributed by atoms with Crippen LogP contribution in [0.1, 0.15) is 11.6 Å². The highest BCUT2D eigenvalue weighted by atomic mass is 35.5. The van der Waals surface area contributed by atoms with E-state index >= 15 is 0 Å². The predicted octanol–water partition coefficient (Wildman–Crippen LogP) is 1.17. The summed E-state index contributed by atoms with van der Waals surface area (Å²) < 4.78 is 11.1. The maximum atomic E-state index is 6.62. The predicted molar refractivity (Wildman–Crippen MR) is 112 cm³/mol. The lowest BCUT2D eigenvalue weighted by Crippen LogP contribution is -2.36. The smallest absolute Gasteiger partial charge is 0.301 e. The van der Waals surface area contributed by atoms with Crippen molar-refractivity contribution in [1.82, 2.24) is 19.9 Å². The van der Waals surface area contributed by atoms with Crippen molar-refractivity contribution in [1.29, 1.82) is 0 Å². The lowest BCUT2D eigenvalue weighted by Gasteiger charge is -2.29. The summed E-state index contributed by atoms with van der Waals surface area (Å²) >= 11 is 6.62. The lowest BCUT2D eigenvalue weighted by molar-refractivity contribution is 0.122. The molecule has 9 nitrogen and oxygen atoms in total. The molecular weight excluding hydrogens is 406 g/mol. The van der Waals surface area contributed by atoms with Gasteiger partial charge in [0.05, 0.1) is 42.4 Å². The maximum Gasteiger partial charge on any atom is 0.301 e. The number of ether oxygens (including phenoxy) is 2. The van der Waals surface area contributed by atoms with Crippen molar-refractivity contribution in [2.75, 3.05) is 36.9 Å². The van der Waals surface area contributed by atoms with Gasteiger partial charge in [-0.3, -0.25) is 4.99 Å². The molecule has 3 aromatic rings. The Labute approximate surface area is 177 Å². The minimum atomic E-state index is -0.306. The van der Waals surface area contributed by atoms with Crippen LogP contribution < -0.4 is 26.2 Å². The summed E-state index contributed by atoms with van der Waals surface area (Å²) in [4.78, 5) is 22.4. The zero-order chi connectivity index (χ0) is 20.5. The van der Waals surface area contributed by atoms with Crippen LogP contribution in [0.3, 0.4) is 0 Å². The summed E-state index contributed by atoms with van der Waals surface area (Å²) in [6.07, 6.45) is 4.87. The number of rotatable bonds is 4. The molecule has 30 heavy (non-hydrogen) atoms. The van der Waals surface area contributed by atoms with Gasteiger partial charge < -0.3 is 25.1 Å². The number of aromatic nitrogens is 4. The molecule has 1 aromatic carbocycles. The minimum absolute atomic E-state index is 0.178. The Bertz CT molecular complexity index is 1140. The summed E-state index contributed by atoms with van der Waals surface area (Å²) in [5, 5.41) is 0.419. The average molecular weight is 426 g/mol. The third kappa shape index (κ3) is 3.81. The largest absolute Gasteiger partial charge is 0.422 e. The summed E-state index contributed by atoms with van der Waals surface area (Å²) in [5.41, 5.74) is 8.26. The van der Waals surface area contributed by atoms with Crippen molar-refractivity contribution in [2.45, 2.75) is 11.4 Å². The van der Waals surface area contributed by atoms with E-state index < -0.39 is 0 Å². The molecule has 2 aliphatic heterocycles. The van der Waals surface area contributed by atoms with E-state index in [0.29, 0.717) is 17.2 Å². The van der Waals surface area contributed by atoms with Gasteiger partial charge in [0.2, 0.25) is 5.95 Å². The summed E-state index contributed by atoms with van der Waals surface area (Å²) in [5.74, 6) is 0.602. The molecule has 2 unspecified atom stereocenters. The van der Waals surface area contributed by atoms with Crippen LogP contribution in [0.25, 0.3) is 6.08 Å². The van der Waals surface area contributed by atoms with E-state index in [-0.39, 0.29) is 17.4 Å². The van der Waals surface area contributed by atoms with E-state index in [1.807, 2.05) is 6.08 Å². The second-order valence-electron chi connectivity index (χ2n) is 7.03. The van der Waals surface area contributed by atoms with Crippen molar-refractivity contribution in [2.24, 2.45) is 4.99 Å². The molecule has 0 radical (unpaired) electrons. The van der Waals surface area contributed by atoms with E-state index in [1.54, 1.807) is 0 Å². The summed E-state index contributed by atoms with van der Waals surface area (Å²) in [7, 11) is 0. The van der Waals surface area contributed by atoms with Gasteiger partial charge in [-0.1, -0.05) is 12.1 Å². The molecule has 10 heteroatoms. The van der Waals surface area contributed by atoms with Crippen molar-refractivity contribution in [3.63, 3.8) is 0 Å². The number of hydrogen-bond acceptors (Lipinski definition) is 8. The van der Waals surface area contributed by atoms with Gasteiger partial charge in [-0.05, 0) is 23.8 Å². The lowest BCUT2D eigenvalue weighted by atomic mass is 10.0. The highest BCUT2D eigenvalue weighted by Crippen LogP contribution is 2.29. The number of hydrogen-bond donors (Lipinski definition) is 2. The minimum Gasteiger partial charge on any atom is -0.422 e. The topological polar surface area (TPSA) is 115 Å². The Morgan fingerprint density at radius 2 is 1.87 bits per heavy atom. The number of halogens is 1. The number of nitrogens with zero attached hydrogens (tertiary/aromatic N) is 5. The molecule has 4 heterocycles. The Hall–Kier alpha value is -3.17. The van der Waals surface area contributed by atoms with Crippen LogP contribution in [0.4, 0.5) is 11.6 Å². The van der Waals surface area contributed by atoms with Crippen LogP contribution in [0.5, 0.6) is 11.8 Å². The molecule has 0 saturated carbocycles. The highest BCUT2D eigenvalue weighted by Gasteiger charge is 2.23. The van der Waals surface area contributed by atoms with Crippen molar-refractivity contribution in [3.8, 4) is 11.8 Å². The zero-order valence-electron chi connectivity index (χ0n) is 16.0. The van der Waals surface area contributed by atoms with E-state index in [9.17, 15) is 0 Å². The fourth-order valence-corrected chi connectivity index (χ4v) is 3.85. The number of H-pyrrole nitrogens is 1. The standard InChI is InChI=1S/C20H20ClN7O2/c21-15-9-16-18(27-20(25-16)30-14-10-23-19(22)24-11-14)26-17(15)12-1-3-13(4-2-12)28-5-7-29-8-6-28/h1-4,9-11,15,17H,5-8H2,(H2,22,23,24)(H,25,26,27). The van der Waals surface area contributed by atoms with E-state index in [0.717, 1.165) is 37.2 Å². The van der Waals surface area contributed by atoms with Crippen LogP contribution >= 0.6 is 11.6 Å². The fourth-order valence-electron chi connectivity index (χ4n) is 3.52. The number of morpholine rings is 1. The molecule has 0 bridgehead atoms. The Kier molecular flexibility index (Phi) is 4.97. The average Bonchev–Trinajstić information content (AvgIpc) is 3.16. The quantitative estimate of drug-likeness (QED) is 0.603. The molecule has 5 rings (SSSR count). The van der Waals surface area contributed by atoms with Crippen LogP contribution in [-0.2, 0) is 4.74 Å². The van der Waals surface area contributed by atoms with Gasteiger partial charge >= 0.3 is 6.01 Å². The maximum absolute atomic E-state index is 6.62. The fraction of sp³-hybridized carbons (Fsp3) is 0.300. The monoisotopic (exact) mass is 425 g/mol. The Balaban J connectivity index is 1.38. The number of nitrogen functional groups attached to an aromatic ring is 1. The number of imidazole rings is 1. The third-order valence-corrected chi connectivity index (χ3v) is 5.42. The molecule has 0 spiro atoms. The molecule has 0 amide bonds. The molecule has 1 fully saturated rings. The molecule has 2 aromatic heterocycles. The first-order valence-electron chi connectivity index (χ1n) is 9.63. The molecule has 0 aliphatic carbocycles. The Morgan fingerprint density at radius 3 is 2.60 bits per heavy atom. The van der Waals surface area contributed by atoms with Crippen LogP contribution in [0.15, 0.2) is 41.7 Å². The summed E-state index contributed by atoms with van der Waals surface area (Å²) in [6.45, 7) is 3.32. The first-order chi connectivity index (χ1) is 14.7. The van der Waals surface area contributed by atoms with Gasteiger partial charge in [-0.2, -0.15) is 4.98 Å². The number of aromatic amines is 1. The Morgan fingerprint density at radius 1 is 1.13 bits per heavy atom. The number of nitrogens with one attached hydrogen (secondary N) is 1. The van der Waals surface area contributed by atoms with E-state index in [2.05, 4.69) is 49.1 Å². The molecule has 154 valence electrons. The SMILES string of the molecule is Nc1ncc(Oc2nc3c([nH]2)=CC(Cl)C(c2ccc(N4CCOCC4)cc2)N=3)cn1. The van der Waals surface area contributed by atoms with Crippen LogP contribution in [-0.4, -0.2) is 51.6 Å². The van der Waals surface area contributed by atoms with Gasteiger partial charge in [0, 0.05) is 18.8 Å². The van der Waals surface area contributed by atoms with Gasteiger partial charge in [0.25, 0.3) is 0 Å². The number of alkyl halides is 1. The van der Waals surface area contributed by atoms with Crippen molar-refractivity contribution < 1.29 is 9.47 Å². The summed E-state index contributed by atoms with van der Waals surface area (Å²) in [6, 6.07) is 8.42. The van der Waals surface area contributed by atoms with Gasteiger partial charge in [0.1, 0.15) is 0 Å². The first kappa shape index (κ1) is 18.8. The number of nitrogens with two attached hydrogens (primary N) is 1. The molecule has 2 atom stereocenters. The normalized spacial score (nSPS) is 20.8. The van der Waals surface area contributed by atoms with Crippen molar-refractivity contribution >= 4 is 29.3 Å². The highest BCUT2D eigenvalue weighted by molar-refractivity contribution is 6.24. The second-order valence-corrected chi connectivity index (χ2v) is 7.54. The van der Waals surface area contributed by atoms with E-state index in [4.69, 9.17) is 31.8 Å². The van der Waals surface area contributed by atoms with Crippen molar-refractivity contribution in [3.05, 3.63) is 53.1 Å². The van der Waals surface area contributed by atoms with Gasteiger partial charge in [-0.25, -0.2) is 9.97 Å². The van der Waals surface area contributed by atoms with Crippen LogP contribution in [0.2, 0.25) is 0 Å². The zero-order valence-corrected chi connectivity index (χ0v) is 16.8.